The van der Waals surface area contributed by atoms with Crippen molar-refractivity contribution in [1.29, 1.82) is 0 Å². The summed E-state index contributed by atoms with van der Waals surface area (Å²) in [6, 6.07) is 17.8. The lowest BCUT2D eigenvalue weighted by atomic mass is 10.0. The molecule has 0 saturated carbocycles. The van der Waals surface area contributed by atoms with Crippen molar-refractivity contribution in [2.45, 2.75) is 87.1 Å². The van der Waals surface area contributed by atoms with Gasteiger partial charge in [0.05, 0.1) is 22.9 Å². The van der Waals surface area contributed by atoms with Crippen LogP contribution in [0.25, 0.3) is 0 Å². The van der Waals surface area contributed by atoms with Gasteiger partial charge in [0.2, 0.25) is 15.8 Å². The maximum absolute atomic E-state index is 12.9. The van der Waals surface area contributed by atoms with E-state index >= 15 is 0 Å². The van der Waals surface area contributed by atoms with Crippen LogP contribution in [0.5, 0.6) is 5.75 Å². The third-order valence-corrected chi connectivity index (χ3v) is 10.7. The monoisotopic (exact) mass is 715 g/mol. The van der Waals surface area contributed by atoms with E-state index in [1.54, 1.807) is 17.0 Å². The van der Waals surface area contributed by atoms with Crippen LogP contribution in [0.2, 0.25) is 0 Å². The fourth-order valence-electron chi connectivity index (χ4n) is 5.71. The van der Waals surface area contributed by atoms with Crippen LogP contribution in [0.1, 0.15) is 75.2 Å². The molecule has 2 heterocycles. The molecule has 0 aliphatic carbocycles. The number of nitrogens with two attached hydrogens (primary N) is 1. The molecule has 1 atom stereocenters. The smallest absolute Gasteiger partial charge is 0.410 e. The third-order valence-electron chi connectivity index (χ3n) is 8.39. The van der Waals surface area contributed by atoms with Gasteiger partial charge in [-0.2, -0.15) is 0 Å². The predicted molar refractivity (Wildman–Crippen MR) is 184 cm³/mol. The zero-order valence-corrected chi connectivity index (χ0v) is 29.6. The maximum Gasteiger partial charge on any atom is 0.410 e. The number of carbonyl (C=O) groups excluding carboxylic acids is 1. The number of nitrogens with one attached hydrogen (secondary N) is 1. The number of aryl methyl sites for hydroxylation is 1. The Kier molecular flexibility index (Phi) is 11.9. The van der Waals surface area contributed by atoms with E-state index in [0.29, 0.717) is 39.3 Å². The van der Waals surface area contributed by atoms with Crippen LogP contribution in [0.4, 0.5) is 10.5 Å². The highest BCUT2D eigenvalue weighted by molar-refractivity contribution is 7.92. The van der Waals surface area contributed by atoms with Crippen LogP contribution in [-0.2, 0) is 47.3 Å². The molecule has 2 aliphatic heterocycles. The van der Waals surface area contributed by atoms with Crippen LogP contribution >= 0.6 is 0 Å². The molecule has 0 spiro atoms. The van der Waals surface area contributed by atoms with E-state index in [2.05, 4.69) is 4.72 Å². The fraction of sp³-hybridized carbons (Fsp3) is 0.457. The average Bonchev–Trinajstić information content (AvgIpc) is 3.42. The van der Waals surface area contributed by atoms with Gasteiger partial charge in [0.25, 0.3) is 10.0 Å². The molecule has 266 valence electrons. The first kappa shape index (κ1) is 36.6. The summed E-state index contributed by atoms with van der Waals surface area (Å²) >= 11 is 0. The standard InChI is InChI=1S/C35H45N3O9S2/c1-35(2)45-25-28-23-27(13-18-32(28)47-35)33-24-38(34(39)46-33)19-6-3-4-7-20-44-21-8-5-10-26-11-9-12-31(22-26)49(42,43)37-29-14-16-30(17-15-29)48(36,40)41/h9,11-18,22-23,33,37H,3-8,10,19-21,24-25H2,1-2H3,(H2,36,40,41)/t33-/m0/s1. The number of primary sulfonamides is 1. The van der Waals surface area contributed by atoms with Gasteiger partial charge in [0.15, 0.2) is 0 Å². The van der Waals surface area contributed by atoms with Gasteiger partial charge in [0.1, 0.15) is 11.9 Å². The number of cyclic esters (lactones) is 1. The Bertz CT molecular complexity index is 1810. The molecule has 12 nitrogen and oxygen atoms in total. The van der Waals surface area contributed by atoms with Crippen molar-refractivity contribution in [2.75, 3.05) is 31.0 Å². The number of unbranched alkanes of at least 4 members (excludes halogenated alkanes) is 4. The first-order valence-corrected chi connectivity index (χ1v) is 19.6. The molecule has 3 aromatic carbocycles. The summed E-state index contributed by atoms with van der Waals surface area (Å²) in [6.07, 6.45) is 5.69. The molecule has 3 aromatic rings. The third kappa shape index (κ3) is 10.4. The van der Waals surface area contributed by atoms with Gasteiger partial charge in [-0.25, -0.2) is 26.8 Å². The van der Waals surface area contributed by atoms with E-state index in [1.807, 2.05) is 38.1 Å². The zero-order chi connectivity index (χ0) is 35.1. The lowest BCUT2D eigenvalue weighted by Crippen LogP contribution is -2.35. The van der Waals surface area contributed by atoms with E-state index < -0.39 is 25.8 Å². The first-order chi connectivity index (χ1) is 23.3. The number of sulfonamides is 2. The van der Waals surface area contributed by atoms with Crippen LogP contribution in [0.3, 0.4) is 0 Å². The molecule has 0 radical (unpaired) electrons. The summed E-state index contributed by atoms with van der Waals surface area (Å²) in [5, 5.41) is 5.10. The molecule has 49 heavy (non-hydrogen) atoms. The van der Waals surface area contributed by atoms with Crippen LogP contribution in [-0.4, -0.2) is 59.9 Å². The number of benzene rings is 3. The topological polar surface area (TPSA) is 164 Å². The number of carbonyl (C=O) groups is 1. The van der Waals surface area contributed by atoms with E-state index in [1.165, 1.54) is 30.3 Å². The molecule has 2 aliphatic rings. The van der Waals surface area contributed by atoms with Gasteiger partial charge in [-0.3, -0.25) is 4.72 Å². The van der Waals surface area contributed by atoms with E-state index in [4.69, 9.17) is 24.1 Å². The second-order valence-corrected chi connectivity index (χ2v) is 16.0. The maximum atomic E-state index is 12.9. The Labute approximate surface area is 289 Å². The lowest BCUT2D eigenvalue weighted by molar-refractivity contribution is -0.180. The van der Waals surface area contributed by atoms with Crippen molar-refractivity contribution in [3.05, 3.63) is 83.4 Å². The second kappa shape index (κ2) is 15.9. The van der Waals surface area contributed by atoms with Crippen molar-refractivity contribution < 1.29 is 40.6 Å². The van der Waals surface area contributed by atoms with E-state index in [9.17, 15) is 21.6 Å². The van der Waals surface area contributed by atoms with Gasteiger partial charge in [-0.1, -0.05) is 31.0 Å². The number of rotatable bonds is 17. The largest absolute Gasteiger partial charge is 0.463 e. The highest BCUT2D eigenvalue weighted by atomic mass is 32.2. The van der Waals surface area contributed by atoms with Crippen LogP contribution < -0.4 is 14.6 Å². The molecule has 0 aromatic heterocycles. The first-order valence-electron chi connectivity index (χ1n) is 16.5. The number of ether oxygens (including phenoxy) is 4. The highest BCUT2D eigenvalue weighted by Crippen LogP contribution is 2.35. The van der Waals surface area contributed by atoms with Crippen molar-refractivity contribution in [3.8, 4) is 5.75 Å². The molecular weight excluding hydrogens is 671 g/mol. The molecule has 3 N–H and O–H groups in total. The molecule has 1 fully saturated rings. The Morgan fingerprint density at radius 2 is 1.63 bits per heavy atom. The molecule has 0 unspecified atom stereocenters. The summed E-state index contributed by atoms with van der Waals surface area (Å²) in [5.41, 5.74) is 3.04. The Morgan fingerprint density at radius 3 is 2.39 bits per heavy atom. The Hall–Kier alpha value is -3.69. The van der Waals surface area contributed by atoms with Gasteiger partial charge in [-0.05, 0) is 91.8 Å². The second-order valence-electron chi connectivity index (χ2n) is 12.8. The minimum Gasteiger partial charge on any atom is -0.463 e. The van der Waals surface area contributed by atoms with Gasteiger partial charge < -0.3 is 23.8 Å². The Balaban J connectivity index is 0.923. The van der Waals surface area contributed by atoms with Crippen molar-refractivity contribution in [1.82, 2.24) is 4.90 Å². The number of hydrogen-bond donors (Lipinski definition) is 2. The SMILES string of the molecule is CC1(C)OCc2cc([C@@H]3CN(CCCCCCOCCCCc4cccc(S(=O)(=O)Nc5ccc(S(N)(=O)=O)cc5)c4)C(=O)O3)ccc2O1. The van der Waals surface area contributed by atoms with Gasteiger partial charge in [-0.15, -0.1) is 0 Å². The average molecular weight is 716 g/mol. The summed E-state index contributed by atoms with van der Waals surface area (Å²) in [7, 11) is -7.72. The van der Waals surface area contributed by atoms with E-state index in [-0.39, 0.29) is 27.7 Å². The molecule has 14 heteroatoms. The van der Waals surface area contributed by atoms with Gasteiger partial charge >= 0.3 is 6.09 Å². The number of fused-ring (bicyclic) bond motifs is 1. The predicted octanol–water partition coefficient (Wildman–Crippen LogP) is 5.87. The highest BCUT2D eigenvalue weighted by Gasteiger charge is 2.33. The van der Waals surface area contributed by atoms with E-state index in [0.717, 1.165) is 61.0 Å². The normalized spacial score (nSPS) is 17.3. The molecule has 0 bridgehead atoms. The minimum absolute atomic E-state index is 0.0995. The number of amides is 1. The minimum atomic E-state index is -3.86. The Morgan fingerprint density at radius 1 is 0.898 bits per heavy atom. The van der Waals surface area contributed by atoms with Crippen molar-refractivity contribution in [2.24, 2.45) is 5.14 Å². The summed E-state index contributed by atoms with van der Waals surface area (Å²) in [4.78, 5) is 14.3. The lowest BCUT2D eigenvalue weighted by Gasteiger charge is -2.32. The fourth-order valence-corrected chi connectivity index (χ4v) is 7.36. The van der Waals surface area contributed by atoms with Crippen LogP contribution in [0, 0.1) is 0 Å². The van der Waals surface area contributed by atoms with Crippen molar-refractivity contribution in [3.63, 3.8) is 0 Å². The molecule has 1 amide bonds. The zero-order valence-electron chi connectivity index (χ0n) is 27.9. The summed E-state index contributed by atoms with van der Waals surface area (Å²) in [6.45, 7) is 6.72. The number of hydrogen-bond acceptors (Lipinski definition) is 9. The van der Waals surface area contributed by atoms with Gasteiger partial charge in [0, 0.05) is 44.9 Å². The summed E-state index contributed by atoms with van der Waals surface area (Å²) < 4.78 is 74.2. The summed E-state index contributed by atoms with van der Waals surface area (Å²) in [5.74, 6) is 0.149. The van der Waals surface area contributed by atoms with Crippen molar-refractivity contribution >= 4 is 31.8 Å². The number of nitrogens with zero attached hydrogens (tertiary/aromatic N) is 1. The molecule has 5 rings (SSSR count). The number of anilines is 1. The molecular formula is C35H45N3O9S2. The van der Waals surface area contributed by atoms with Crippen LogP contribution in [0.15, 0.2) is 76.5 Å². The molecule has 1 saturated heterocycles. The quantitative estimate of drug-likeness (QED) is 0.163.